The van der Waals surface area contributed by atoms with Gasteiger partial charge in [0.15, 0.2) is 0 Å². The molecule has 0 bridgehead atoms. The Labute approximate surface area is 80.5 Å². The van der Waals surface area contributed by atoms with Gasteiger partial charge in [-0.25, -0.2) is 0 Å². The summed E-state index contributed by atoms with van der Waals surface area (Å²) in [5.41, 5.74) is 0. The third-order valence-corrected chi connectivity index (χ3v) is 4.82. The van der Waals surface area contributed by atoms with Gasteiger partial charge < -0.3 is 18.1 Å². The summed E-state index contributed by atoms with van der Waals surface area (Å²) in [5, 5.41) is 0. The molecule has 0 atom stereocenters. The highest BCUT2D eigenvalue weighted by Gasteiger charge is 2.36. The van der Waals surface area contributed by atoms with Crippen molar-refractivity contribution in [3.8, 4) is 0 Å². The lowest BCUT2D eigenvalue weighted by molar-refractivity contribution is -0.107. The maximum atomic E-state index is 10.1. The van der Waals surface area contributed by atoms with Gasteiger partial charge in [-0.05, 0) is 12.8 Å². The van der Waals surface area contributed by atoms with E-state index in [2.05, 4.69) is 0 Å². The molecule has 0 aromatic rings. The van der Waals surface area contributed by atoms with Gasteiger partial charge in [0.25, 0.3) is 0 Å². The van der Waals surface area contributed by atoms with Crippen molar-refractivity contribution in [1.82, 2.24) is 0 Å². The minimum atomic E-state index is -2.38. The number of rotatable bonds is 8. The molecule has 0 amide bonds. The summed E-state index contributed by atoms with van der Waals surface area (Å²) in [6.45, 7) is 0. The predicted octanol–water partition coefficient (Wildman–Crippen LogP) is 1.23. The number of unbranched alkanes of at least 4 members (excludes halogenated alkanes) is 2. The van der Waals surface area contributed by atoms with Gasteiger partial charge in [0, 0.05) is 33.8 Å². The zero-order valence-electron chi connectivity index (χ0n) is 8.54. The van der Waals surface area contributed by atoms with Gasteiger partial charge in [-0.1, -0.05) is 0 Å². The van der Waals surface area contributed by atoms with Crippen LogP contribution in [0.15, 0.2) is 0 Å². The van der Waals surface area contributed by atoms with Gasteiger partial charge >= 0.3 is 8.80 Å². The fourth-order valence-corrected chi connectivity index (χ4v) is 2.92. The molecule has 0 unspecified atom stereocenters. The molecule has 13 heavy (non-hydrogen) atoms. The van der Waals surface area contributed by atoms with Crippen LogP contribution in [0.3, 0.4) is 0 Å². The first-order valence-electron chi connectivity index (χ1n) is 4.33. The van der Waals surface area contributed by atoms with E-state index in [0.29, 0.717) is 6.42 Å². The fourth-order valence-electron chi connectivity index (χ4n) is 1.13. The maximum absolute atomic E-state index is 10.1. The summed E-state index contributed by atoms with van der Waals surface area (Å²) >= 11 is 0. The van der Waals surface area contributed by atoms with Crippen LogP contribution in [-0.2, 0) is 18.1 Å². The molecule has 0 aliphatic carbocycles. The summed E-state index contributed by atoms with van der Waals surface area (Å²) in [6.07, 6.45) is 3.30. The number of carbonyl (C=O) groups is 1. The van der Waals surface area contributed by atoms with Crippen LogP contribution in [-0.4, -0.2) is 36.4 Å². The van der Waals surface area contributed by atoms with E-state index in [-0.39, 0.29) is 0 Å². The van der Waals surface area contributed by atoms with Crippen molar-refractivity contribution in [2.45, 2.75) is 25.3 Å². The summed E-state index contributed by atoms with van der Waals surface area (Å²) in [6, 6.07) is 0.768. The van der Waals surface area contributed by atoms with Crippen molar-refractivity contribution >= 4 is 15.1 Å². The van der Waals surface area contributed by atoms with E-state index < -0.39 is 8.80 Å². The van der Waals surface area contributed by atoms with Crippen LogP contribution >= 0.6 is 0 Å². The molecule has 0 spiro atoms. The van der Waals surface area contributed by atoms with Crippen LogP contribution in [0.1, 0.15) is 19.3 Å². The van der Waals surface area contributed by atoms with E-state index >= 15 is 0 Å². The Hall–Kier alpha value is -0.233. The summed E-state index contributed by atoms with van der Waals surface area (Å²) < 4.78 is 15.7. The first-order valence-corrected chi connectivity index (χ1v) is 6.27. The van der Waals surface area contributed by atoms with Crippen LogP contribution in [0.4, 0.5) is 0 Å². The molecule has 0 aliphatic heterocycles. The van der Waals surface area contributed by atoms with Crippen molar-refractivity contribution < 1.29 is 18.1 Å². The van der Waals surface area contributed by atoms with Crippen LogP contribution in [0.2, 0.25) is 6.04 Å². The van der Waals surface area contributed by atoms with Crippen molar-refractivity contribution in [3.63, 3.8) is 0 Å². The lowest BCUT2D eigenvalue weighted by Crippen LogP contribution is -2.42. The van der Waals surface area contributed by atoms with Crippen LogP contribution < -0.4 is 0 Å². The first-order chi connectivity index (χ1) is 6.24. The molecule has 0 saturated carbocycles. The Bertz CT molecular complexity index is 128. The molecule has 0 radical (unpaired) electrons. The molecule has 0 aromatic heterocycles. The van der Waals surface area contributed by atoms with Crippen LogP contribution in [0, 0.1) is 0 Å². The van der Waals surface area contributed by atoms with Crippen LogP contribution in [0.5, 0.6) is 0 Å². The number of hydrogen-bond donors (Lipinski definition) is 0. The standard InChI is InChI=1S/C8H18O4Si/c1-10-13(11-2,12-3)8-6-4-5-7-9/h7H,4-6,8H2,1-3H3. The Kier molecular flexibility index (Phi) is 7.07. The lowest BCUT2D eigenvalue weighted by Gasteiger charge is -2.23. The largest absolute Gasteiger partial charge is 0.500 e. The lowest BCUT2D eigenvalue weighted by atomic mass is 10.3. The molecule has 0 fully saturated rings. The van der Waals surface area contributed by atoms with E-state index in [4.69, 9.17) is 13.3 Å². The van der Waals surface area contributed by atoms with Gasteiger partial charge in [-0.2, -0.15) is 0 Å². The van der Waals surface area contributed by atoms with E-state index in [1.165, 1.54) is 0 Å². The number of carbonyl (C=O) groups excluding carboxylic acids is 1. The molecule has 4 nitrogen and oxygen atoms in total. The van der Waals surface area contributed by atoms with E-state index in [0.717, 1.165) is 25.2 Å². The first kappa shape index (κ1) is 12.8. The third-order valence-electron chi connectivity index (χ3n) is 1.99. The van der Waals surface area contributed by atoms with E-state index in [1.54, 1.807) is 21.3 Å². The molecule has 78 valence electrons. The van der Waals surface area contributed by atoms with Gasteiger partial charge in [-0.15, -0.1) is 0 Å². The van der Waals surface area contributed by atoms with Crippen molar-refractivity contribution in [1.29, 1.82) is 0 Å². The highest BCUT2D eigenvalue weighted by atomic mass is 28.4. The zero-order chi connectivity index (χ0) is 10.2. The average Bonchev–Trinajstić information content (AvgIpc) is 2.20. The van der Waals surface area contributed by atoms with Crippen molar-refractivity contribution in [2.75, 3.05) is 21.3 Å². The maximum Gasteiger partial charge on any atom is 0.500 e. The molecular formula is C8H18O4Si. The second-order valence-electron chi connectivity index (χ2n) is 2.71. The van der Waals surface area contributed by atoms with E-state index in [1.807, 2.05) is 0 Å². The molecular weight excluding hydrogens is 188 g/mol. The molecule has 0 heterocycles. The van der Waals surface area contributed by atoms with Gasteiger partial charge in [0.1, 0.15) is 6.29 Å². The SMILES string of the molecule is CO[Si](CCCCC=O)(OC)OC. The highest BCUT2D eigenvalue weighted by Crippen LogP contribution is 2.16. The molecule has 5 heteroatoms. The minimum Gasteiger partial charge on any atom is -0.377 e. The predicted molar refractivity (Wildman–Crippen MR) is 51.5 cm³/mol. The average molecular weight is 206 g/mol. The topological polar surface area (TPSA) is 44.8 Å². The Morgan fingerprint density at radius 1 is 1.08 bits per heavy atom. The second-order valence-corrected chi connectivity index (χ2v) is 5.80. The van der Waals surface area contributed by atoms with E-state index in [9.17, 15) is 4.79 Å². The van der Waals surface area contributed by atoms with Gasteiger partial charge in [0.2, 0.25) is 0 Å². The van der Waals surface area contributed by atoms with Crippen molar-refractivity contribution in [2.24, 2.45) is 0 Å². The second kappa shape index (κ2) is 7.20. The Morgan fingerprint density at radius 3 is 2.00 bits per heavy atom. The smallest absolute Gasteiger partial charge is 0.377 e. The molecule has 0 aliphatic rings. The van der Waals surface area contributed by atoms with Gasteiger partial charge in [-0.3, -0.25) is 0 Å². The molecule has 0 rings (SSSR count). The Balaban J connectivity index is 3.74. The third kappa shape index (κ3) is 4.52. The summed E-state index contributed by atoms with van der Waals surface area (Å²) in [5.74, 6) is 0. The summed E-state index contributed by atoms with van der Waals surface area (Å²) in [7, 11) is 2.41. The fraction of sp³-hybridized carbons (Fsp3) is 0.875. The monoisotopic (exact) mass is 206 g/mol. The normalized spacial score (nSPS) is 11.6. The van der Waals surface area contributed by atoms with Crippen LogP contribution in [0.25, 0.3) is 0 Å². The Morgan fingerprint density at radius 2 is 1.62 bits per heavy atom. The highest BCUT2D eigenvalue weighted by molar-refractivity contribution is 6.60. The van der Waals surface area contributed by atoms with Crippen molar-refractivity contribution in [3.05, 3.63) is 0 Å². The zero-order valence-corrected chi connectivity index (χ0v) is 9.54. The minimum absolute atomic E-state index is 0.599. The molecule has 0 aromatic carbocycles. The quantitative estimate of drug-likeness (QED) is 0.340. The number of aldehydes is 1. The molecule has 0 N–H and O–H groups in total. The number of hydrogen-bond acceptors (Lipinski definition) is 4. The molecule has 0 saturated heterocycles. The summed E-state index contributed by atoms with van der Waals surface area (Å²) in [4.78, 5) is 10.1. The van der Waals surface area contributed by atoms with Gasteiger partial charge in [0.05, 0.1) is 0 Å².